The lowest BCUT2D eigenvalue weighted by Crippen LogP contribution is -2.43. The molecule has 0 heterocycles. The molecule has 0 N–H and O–H groups in total. The van der Waals surface area contributed by atoms with Gasteiger partial charge < -0.3 is 9.31 Å². The Bertz CT molecular complexity index is 1070. The number of hydrogen-bond donors (Lipinski definition) is 0. The Balaban J connectivity index is 1.79. The monoisotopic (exact) mass is 404 g/mol. The molecule has 0 atom stereocenters. The van der Waals surface area contributed by atoms with Gasteiger partial charge in [-0.15, -0.1) is 0 Å². The third-order valence-corrected chi connectivity index (χ3v) is 4.48. The van der Waals surface area contributed by atoms with E-state index in [2.05, 4.69) is 0 Å². The Morgan fingerprint density at radius 2 is 1.03 bits per heavy atom. The molecule has 4 aromatic carbocycles. The summed E-state index contributed by atoms with van der Waals surface area (Å²) >= 11 is 0. The highest BCUT2D eigenvalue weighted by atomic mass is 19.2. The van der Waals surface area contributed by atoms with Gasteiger partial charge in [-0.05, 0) is 47.5 Å². The molecular formula is C24H16BF3O2. The number of hydrogen-bond acceptors (Lipinski definition) is 2. The molecule has 30 heavy (non-hydrogen) atoms. The summed E-state index contributed by atoms with van der Waals surface area (Å²) in [5, 5.41) is 0. The van der Waals surface area contributed by atoms with Gasteiger partial charge in [0, 0.05) is 5.46 Å². The molecule has 4 rings (SSSR count). The van der Waals surface area contributed by atoms with E-state index in [9.17, 15) is 13.2 Å². The van der Waals surface area contributed by atoms with E-state index >= 15 is 0 Å². The number of rotatable bonds is 6. The van der Waals surface area contributed by atoms with Crippen LogP contribution in [0.4, 0.5) is 13.2 Å². The van der Waals surface area contributed by atoms with Crippen LogP contribution in [-0.2, 0) is 0 Å². The Labute approximate surface area is 172 Å². The van der Waals surface area contributed by atoms with Crippen LogP contribution in [0.5, 0.6) is 11.5 Å². The van der Waals surface area contributed by atoms with Crippen LogP contribution in [-0.4, -0.2) is 7.12 Å². The van der Waals surface area contributed by atoms with Crippen LogP contribution in [0.25, 0.3) is 11.1 Å². The summed E-state index contributed by atoms with van der Waals surface area (Å²) in [6.07, 6.45) is 0. The van der Waals surface area contributed by atoms with Gasteiger partial charge in [0.15, 0.2) is 17.5 Å². The summed E-state index contributed by atoms with van der Waals surface area (Å²) in [5.74, 6) is -2.91. The van der Waals surface area contributed by atoms with Crippen molar-refractivity contribution in [1.82, 2.24) is 0 Å². The minimum atomic E-state index is -1.51. The predicted octanol–water partition coefficient (Wildman–Crippen LogP) is 5.62. The normalized spacial score (nSPS) is 10.5. The highest BCUT2D eigenvalue weighted by molar-refractivity contribution is 6.64. The van der Waals surface area contributed by atoms with E-state index in [0.717, 1.165) is 12.1 Å². The summed E-state index contributed by atoms with van der Waals surface area (Å²) in [4.78, 5) is 0. The minimum absolute atomic E-state index is 0.181. The summed E-state index contributed by atoms with van der Waals surface area (Å²) in [6.45, 7) is 0. The molecule has 0 saturated heterocycles. The molecule has 0 spiro atoms. The van der Waals surface area contributed by atoms with E-state index in [1.54, 1.807) is 48.5 Å². The number of para-hydroxylation sites is 2. The van der Waals surface area contributed by atoms with Crippen molar-refractivity contribution < 1.29 is 22.5 Å². The van der Waals surface area contributed by atoms with Crippen LogP contribution in [0.15, 0.2) is 97.1 Å². The number of halogens is 3. The fourth-order valence-corrected chi connectivity index (χ4v) is 3.07. The molecule has 0 fully saturated rings. The van der Waals surface area contributed by atoms with Crippen molar-refractivity contribution in [3.63, 3.8) is 0 Å². The quantitative estimate of drug-likeness (QED) is 0.307. The Hall–Kier alpha value is -3.67. The van der Waals surface area contributed by atoms with Crippen LogP contribution in [0, 0.1) is 17.5 Å². The largest absolute Gasteiger partial charge is 0.633 e. The molecule has 148 valence electrons. The van der Waals surface area contributed by atoms with Crippen molar-refractivity contribution in [2.24, 2.45) is 0 Å². The molecule has 0 saturated carbocycles. The first kappa shape index (κ1) is 19.6. The molecule has 2 nitrogen and oxygen atoms in total. The van der Waals surface area contributed by atoms with Gasteiger partial charge in [0.05, 0.1) is 0 Å². The molecule has 0 bridgehead atoms. The molecule has 0 aliphatic rings. The fourth-order valence-electron chi connectivity index (χ4n) is 3.07. The van der Waals surface area contributed by atoms with Gasteiger partial charge in [0.1, 0.15) is 11.5 Å². The summed E-state index contributed by atoms with van der Waals surface area (Å²) in [6, 6.07) is 27.0. The third-order valence-electron chi connectivity index (χ3n) is 4.48. The molecule has 0 unspecified atom stereocenters. The van der Waals surface area contributed by atoms with Gasteiger partial charge >= 0.3 is 7.12 Å². The summed E-state index contributed by atoms with van der Waals surface area (Å²) in [7, 11) is -0.915. The highest BCUT2D eigenvalue weighted by Crippen LogP contribution is 2.24. The van der Waals surface area contributed by atoms with Gasteiger partial charge in [0.25, 0.3) is 0 Å². The van der Waals surface area contributed by atoms with Crippen molar-refractivity contribution >= 4 is 12.6 Å². The first-order chi connectivity index (χ1) is 14.6. The second-order valence-electron chi connectivity index (χ2n) is 6.53. The smallest absolute Gasteiger partial charge is 0.522 e. The lowest BCUT2D eigenvalue weighted by molar-refractivity contribution is 0.439. The second kappa shape index (κ2) is 8.78. The number of benzene rings is 4. The maximum absolute atomic E-state index is 13.9. The van der Waals surface area contributed by atoms with Gasteiger partial charge in [0.2, 0.25) is 0 Å². The van der Waals surface area contributed by atoms with E-state index in [1.165, 1.54) is 0 Å². The lowest BCUT2D eigenvalue weighted by Gasteiger charge is -2.19. The van der Waals surface area contributed by atoms with Crippen LogP contribution in [0.3, 0.4) is 0 Å². The maximum atomic E-state index is 13.9. The third kappa shape index (κ3) is 4.33. The van der Waals surface area contributed by atoms with Gasteiger partial charge in [-0.2, -0.15) is 0 Å². The van der Waals surface area contributed by atoms with Crippen LogP contribution in [0.1, 0.15) is 0 Å². The van der Waals surface area contributed by atoms with E-state index in [0.29, 0.717) is 22.5 Å². The zero-order chi connectivity index (χ0) is 20.9. The SMILES string of the molecule is Fc1cc(-c2ccccc2B(Oc2ccccc2)Oc2ccccc2)cc(F)c1F. The zero-order valence-electron chi connectivity index (χ0n) is 15.8. The first-order valence-electron chi connectivity index (χ1n) is 9.29. The van der Waals surface area contributed by atoms with Gasteiger partial charge in [-0.3, -0.25) is 0 Å². The van der Waals surface area contributed by atoms with E-state index in [4.69, 9.17) is 9.31 Å². The molecule has 0 aliphatic heterocycles. The Morgan fingerprint density at radius 1 is 0.567 bits per heavy atom. The maximum Gasteiger partial charge on any atom is 0.633 e. The van der Waals surface area contributed by atoms with E-state index in [-0.39, 0.29) is 5.56 Å². The second-order valence-corrected chi connectivity index (χ2v) is 6.53. The van der Waals surface area contributed by atoms with Crippen molar-refractivity contribution in [2.75, 3.05) is 0 Å². The molecule has 0 aromatic heterocycles. The van der Waals surface area contributed by atoms with Crippen LogP contribution in [0.2, 0.25) is 0 Å². The highest BCUT2D eigenvalue weighted by Gasteiger charge is 2.30. The van der Waals surface area contributed by atoms with Crippen molar-refractivity contribution in [3.8, 4) is 22.6 Å². The van der Waals surface area contributed by atoms with Crippen LogP contribution < -0.4 is 14.8 Å². The molecular weight excluding hydrogens is 388 g/mol. The topological polar surface area (TPSA) is 18.5 Å². The van der Waals surface area contributed by atoms with Crippen molar-refractivity contribution in [1.29, 1.82) is 0 Å². The zero-order valence-corrected chi connectivity index (χ0v) is 15.8. The average Bonchev–Trinajstić information content (AvgIpc) is 2.78. The molecule has 0 amide bonds. The van der Waals surface area contributed by atoms with Gasteiger partial charge in [-0.1, -0.05) is 60.7 Å². The van der Waals surface area contributed by atoms with Crippen molar-refractivity contribution in [3.05, 3.63) is 115 Å². The fraction of sp³-hybridized carbons (Fsp3) is 0. The molecule has 0 radical (unpaired) electrons. The first-order valence-corrected chi connectivity index (χ1v) is 9.29. The average molecular weight is 404 g/mol. The molecule has 4 aromatic rings. The Kier molecular flexibility index (Phi) is 5.75. The summed E-state index contributed by atoms with van der Waals surface area (Å²) in [5.41, 5.74) is 1.18. The van der Waals surface area contributed by atoms with E-state index in [1.807, 2.05) is 36.4 Å². The predicted molar refractivity (Wildman–Crippen MR) is 111 cm³/mol. The molecule has 0 aliphatic carbocycles. The summed E-state index contributed by atoms with van der Waals surface area (Å²) < 4.78 is 53.3. The minimum Gasteiger partial charge on any atom is -0.522 e. The van der Waals surface area contributed by atoms with Crippen LogP contribution >= 0.6 is 0 Å². The lowest BCUT2D eigenvalue weighted by atomic mass is 9.74. The Morgan fingerprint density at radius 3 is 1.57 bits per heavy atom. The molecule has 6 heteroatoms. The van der Waals surface area contributed by atoms with E-state index < -0.39 is 24.6 Å². The van der Waals surface area contributed by atoms with Crippen molar-refractivity contribution in [2.45, 2.75) is 0 Å². The standard InChI is InChI=1S/C24H16BF3O2/c26-22-15-17(16-23(27)24(22)28)20-13-7-8-14-21(20)25(29-18-9-3-1-4-10-18)30-19-11-5-2-6-12-19/h1-16H. The van der Waals surface area contributed by atoms with Gasteiger partial charge in [-0.25, -0.2) is 13.2 Å².